The van der Waals surface area contributed by atoms with E-state index in [1.165, 1.54) is 6.21 Å². The molecule has 0 saturated carbocycles. The van der Waals surface area contributed by atoms with Crippen LogP contribution in [0.1, 0.15) is 32.6 Å². The molecule has 0 spiro atoms. The third-order valence-electron chi connectivity index (χ3n) is 4.43. The van der Waals surface area contributed by atoms with Crippen molar-refractivity contribution in [2.24, 2.45) is 5.10 Å². The Kier molecular flexibility index (Phi) is 5.85. The minimum atomic E-state index is -0.586. The van der Waals surface area contributed by atoms with Gasteiger partial charge >= 0.3 is 0 Å². The fourth-order valence-corrected chi connectivity index (χ4v) is 2.85. The molecule has 7 heteroatoms. The Balaban J connectivity index is 1.96. The molecule has 3 aromatic rings. The first-order valence-corrected chi connectivity index (χ1v) is 8.81. The van der Waals surface area contributed by atoms with Crippen molar-refractivity contribution in [3.63, 3.8) is 0 Å². The average Bonchev–Trinajstić information content (AvgIpc) is 2.75. The number of rotatable bonds is 5. The number of nitrogens with zero attached hydrogens (tertiary/aromatic N) is 3. The number of hydrogen-bond donors (Lipinski definition) is 2. The molecule has 0 saturated heterocycles. The summed E-state index contributed by atoms with van der Waals surface area (Å²) in [5, 5.41) is 24.0. The SMILES string of the molecule is Cc1c(/C=N/NC(=O)c2ccccc2)c(O)n(Cc2ccccc2)c(=O)c1C#N. The number of aromatic nitrogens is 1. The summed E-state index contributed by atoms with van der Waals surface area (Å²) in [5.41, 5.74) is 3.39. The van der Waals surface area contributed by atoms with Crippen LogP contribution in [0.2, 0.25) is 0 Å². The van der Waals surface area contributed by atoms with Crippen LogP contribution in [-0.2, 0) is 6.54 Å². The lowest BCUT2D eigenvalue weighted by Gasteiger charge is -2.14. The van der Waals surface area contributed by atoms with E-state index in [-0.39, 0.29) is 29.1 Å². The van der Waals surface area contributed by atoms with Crippen LogP contribution in [0.5, 0.6) is 5.88 Å². The number of hydrazone groups is 1. The van der Waals surface area contributed by atoms with Gasteiger partial charge in [0.1, 0.15) is 11.6 Å². The summed E-state index contributed by atoms with van der Waals surface area (Å²) in [6.45, 7) is 1.64. The van der Waals surface area contributed by atoms with Crippen molar-refractivity contribution in [3.05, 3.63) is 98.8 Å². The van der Waals surface area contributed by atoms with E-state index >= 15 is 0 Å². The van der Waals surface area contributed by atoms with Crippen molar-refractivity contribution < 1.29 is 9.90 Å². The molecule has 0 unspecified atom stereocenters. The second-order valence-electron chi connectivity index (χ2n) is 6.29. The Hall–Kier alpha value is -4.18. The first kappa shape index (κ1) is 19.6. The van der Waals surface area contributed by atoms with E-state index in [9.17, 15) is 20.0 Å². The van der Waals surface area contributed by atoms with E-state index < -0.39 is 11.5 Å². The van der Waals surface area contributed by atoms with Gasteiger partial charge in [-0.3, -0.25) is 14.2 Å². The number of nitriles is 1. The second kappa shape index (κ2) is 8.67. The van der Waals surface area contributed by atoms with E-state index in [1.807, 2.05) is 36.4 Å². The molecule has 0 aliphatic heterocycles. The van der Waals surface area contributed by atoms with Crippen molar-refractivity contribution in [1.29, 1.82) is 5.26 Å². The average molecular weight is 386 g/mol. The number of hydrogen-bond acceptors (Lipinski definition) is 5. The molecule has 3 rings (SSSR count). The van der Waals surface area contributed by atoms with Crippen LogP contribution in [0.3, 0.4) is 0 Å². The third kappa shape index (κ3) is 4.22. The van der Waals surface area contributed by atoms with Crippen LogP contribution < -0.4 is 11.0 Å². The van der Waals surface area contributed by atoms with Gasteiger partial charge in [0.15, 0.2) is 0 Å². The molecular weight excluding hydrogens is 368 g/mol. The Morgan fingerprint density at radius 3 is 2.41 bits per heavy atom. The molecule has 144 valence electrons. The van der Waals surface area contributed by atoms with Crippen LogP contribution >= 0.6 is 0 Å². The maximum Gasteiger partial charge on any atom is 0.271 e. The van der Waals surface area contributed by atoms with Gasteiger partial charge in [-0.2, -0.15) is 10.4 Å². The fraction of sp³-hybridized carbons (Fsp3) is 0.0909. The summed E-state index contributed by atoms with van der Waals surface area (Å²) in [6, 6.07) is 19.5. The molecule has 7 nitrogen and oxygen atoms in total. The number of carbonyl (C=O) groups is 1. The van der Waals surface area contributed by atoms with Gasteiger partial charge in [0.05, 0.1) is 18.3 Å². The van der Waals surface area contributed by atoms with E-state index in [2.05, 4.69) is 10.5 Å². The standard InChI is InChI=1S/C22H18N4O3/c1-15-18(12-23)21(28)26(14-16-8-4-2-5-9-16)22(29)19(15)13-24-25-20(27)17-10-6-3-7-11-17/h2-11,13,29H,14H2,1H3,(H,25,27)/b24-13+. The normalized spacial score (nSPS) is 10.6. The Morgan fingerprint density at radius 2 is 1.79 bits per heavy atom. The lowest BCUT2D eigenvalue weighted by atomic mass is 10.1. The monoisotopic (exact) mass is 386 g/mol. The topological polar surface area (TPSA) is 107 Å². The van der Waals surface area contributed by atoms with Crippen molar-refractivity contribution in [1.82, 2.24) is 9.99 Å². The zero-order chi connectivity index (χ0) is 20.8. The molecular formula is C22H18N4O3. The van der Waals surface area contributed by atoms with E-state index in [1.54, 1.807) is 37.3 Å². The largest absolute Gasteiger partial charge is 0.494 e. The van der Waals surface area contributed by atoms with Crippen LogP contribution in [0.15, 0.2) is 70.6 Å². The molecule has 0 bridgehead atoms. The van der Waals surface area contributed by atoms with Crippen LogP contribution in [0, 0.1) is 18.3 Å². The predicted octanol–water partition coefficient (Wildman–Crippen LogP) is 2.55. The van der Waals surface area contributed by atoms with Gasteiger partial charge in [-0.25, -0.2) is 5.43 Å². The summed E-state index contributed by atoms with van der Waals surface area (Å²) in [5.74, 6) is -0.745. The lowest BCUT2D eigenvalue weighted by Crippen LogP contribution is -2.26. The summed E-state index contributed by atoms with van der Waals surface area (Å²) in [4.78, 5) is 24.7. The van der Waals surface area contributed by atoms with E-state index in [4.69, 9.17) is 0 Å². The second-order valence-corrected chi connectivity index (χ2v) is 6.29. The lowest BCUT2D eigenvalue weighted by molar-refractivity contribution is 0.0955. The highest BCUT2D eigenvalue weighted by Gasteiger charge is 2.18. The summed E-state index contributed by atoms with van der Waals surface area (Å²) in [7, 11) is 0. The fourth-order valence-electron chi connectivity index (χ4n) is 2.85. The van der Waals surface area contributed by atoms with Crippen molar-refractivity contribution in [2.45, 2.75) is 13.5 Å². The van der Waals surface area contributed by atoms with Gasteiger partial charge < -0.3 is 5.11 Å². The Bertz CT molecular complexity index is 1160. The minimum absolute atomic E-state index is 0.0884. The Morgan fingerprint density at radius 1 is 1.17 bits per heavy atom. The van der Waals surface area contributed by atoms with Crippen molar-refractivity contribution in [3.8, 4) is 11.9 Å². The highest BCUT2D eigenvalue weighted by atomic mass is 16.3. The van der Waals surface area contributed by atoms with Crippen LogP contribution in [0.25, 0.3) is 0 Å². The van der Waals surface area contributed by atoms with Gasteiger partial charge in [0, 0.05) is 5.56 Å². The van der Waals surface area contributed by atoms with Gasteiger partial charge in [0.25, 0.3) is 11.5 Å². The minimum Gasteiger partial charge on any atom is -0.494 e. The predicted molar refractivity (Wildman–Crippen MR) is 109 cm³/mol. The van der Waals surface area contributed by atoms with Gasteiger partial charge in [-0.15, -0.1) is 0 Å². The molecule has 0 aliphatic carbocycles. The molecule has 1 aromatic heterocycles. The maximum atomic E-state index is 12.6. The molecule has 1 heterocycles. The first-order valence-electron chi connectivity index (χ1n) is 8.81. The number of amides is 1. The summed E-state index contributed by atoms with van der Waals surface area (Å²) >= 11 is 0. The van der Waals surface area contributed by atoms with E-state index in [0.717, 1.165) is 10.1 Å². The van der Waals surface area contributed by atoms with Crippen LogP contribution in [-0.4, -0.2) is 21.8 Å². The number of nitrogens with one attached hydrogen (secondary N) is 1. The highest BCUT2D eigenvalue weighted by molar-refractivity contribution is 5.95. The molecule has 2 N–H and O–H groups in total. The quantitative estimate of drug-likeness (QED) is 0.519. The van der Waals surface area contributed by atoms with Gasteiger partial charge in [-0.05, 0) is 30.2 Å². The van der Waals surface area contributed by atoms with Gasteiger partial charge in [-0.1, -0.05) is 48.5 Å². The molecule has 1 amide bonds. The zero-order valence-corrected chi connectivity index (χ0v) is 15.7. The highest BCUT2D eigenvalue weighted by Crippen LogP contribution is 2.20. The summed E-state index contributed by atoms with van der Waals surface area (Å²) in [6.07, 6.45) is 1.23. The van der Waals surface area contributed by atoms with E-state index in [0.29, 0.717) is 5.56 Å². The molecule has 0 atom stereocenters. The number of aromatic hydroxyl groups is 1. The van der Waals surface area contributed by atoms with Crippen LogP contribution in [0.4, 0.5) is 0 Å². The summed E-state index contributed by atoms with van der Waals surface area (Å²) < 4.78 is 1.11. The zero-order valence-electron chi connectivity index (χ0n) is 15.7. The third-order valence-corrected chi connectivity index (χ3v) is 4.43. The van der Waals surface area contributed by atoms with Crippen molar-refractivity contribution >= 4 is 12.1 Å². The molecule has 0 fully saturated rings. The molecule has 0 radical (unpaired) electrons. The number of benzene rings is 2. The Labute approximate surface area is 167 Å². The van der Waals surface area contributed by atoms with Crippen molar-refractivity contribution in [2.75, 3.05) is 0 Å². The van der Waals surface area contributed by atoms with Gasteiger partial charge in [0.2, 0.25) is 5.88 Å². The maximum absolute atomic E-state index is 12.6. The smallest absolute Gasteiger partial charge is 0.271 e. The molecule has 2 aromatic carbocycles. The number of carbonyl (C=O) groups excluding carboxylic acids is 1. The first-order chi connectivity index (χ1) is 14.0. The molecule has 0 aliphatic rings. The number of pyridine rings is 1. The molecule has 29 heavy (non-hydrogen) atoms.